The summed E-state index contributed by atoms with van der Waals surface area (Å²) in [6, 6.07) is 0. The Balaban J connectivity index is 1.99. The number of ether oxygens (including phenoxy) is 1. The van der Waals surface area contributed by atoms with E-state index in [-0.39, 0.29) is 0 Å². The molecule has 0 aromatic carbocycles. The third kappa shape index (κ3) is 6.48. The van der Waals surface area contributed by atoms with E-state index in [2.05, 4.69) is 55.4 Å². The first kappa shape index (κ1) is 23.2. The third-order valence-electron chi connectivity index (χ3n) is 8.30. The summed E-state index contributed by atoms with van der Waals surface area (Å²) in [5.74, 6) is 3.08. The number of hydrogen-bond donors (Lipinski definition) is 0. The average Bonchev–Trinajstić information content (AvgIpc) is 2.60. The van der Waals surface area contributed by atoms with Crippen molar-refractivity contribution in [1.82, 2.24) is 0 Å². The Hall–Kier alpha value is -0.0400. The second-order valence-corrected chi connectivity index (χ2v) is 11.8. The monoisotopic (exact) mass is 378 g/mol. The highest BCUT2D eigenvalue weighted by atomic mass is 16.5. The fraction of sp³-hybridized carbons (Fsp3) is 1.00. The molecule has 0 spiro atoms. The van der Waals surface area contributed by atoms with Crippen LogP contribution in [-0.4, -0.2) is 12.2 Å². The van der Waals surface area contributed by atoms with E-state index in [1.807, 2.05) is 0 Å². The molecule has 0 saturated heterocycles. The van der Waals surface area contributed by atoms with Crippen LogP contribution < -0.4 is 0 Å². The lowest BCUT2D eigenvalue weighted by molar-refractivity contribution is -0.0969. The fourth-order valence-electron chi connectivity index (χ4n) is 6.43. The zero-order valence-electron chi connectivity index (χ0n) is 19.9. The minimum Gasteiger partial charge on any atom is -0.374 e. The highest BCUT2D eigenvalue weighted by molar-refractivity contribution is 4.87. The van der Waals surface area contributed by atoms with Crippen LogP contribution in [0.2, 0.25) is 0 Å². The van der Waals surface area contributed by atoms with Crippen LogP contribution in [0, 0.1) is 34.5 Å². The third-order valence-corrected chi connectivity index (χ3v) is 8.30. The van der Waals surface area contributed by atoms with Crippen molar-refractivity contribution >= 4 is 0 Å². The van der Waals surface area contributed by atoms with Gasteiger partial charge in [0.05, 0.1) is 12.2 Å². The van der Waals surface area contributed by atoms with Crippen LogP contribution in [0.1, 0.15) is 120 Å². The van der Waals surface area contributed by atoms with Crippen LogP contribution in [0.5, 0.6) is 0 Å². The molecule has 0 aromatic heterocycles. The molecule has 0 N–H and O–H groups in total. The van der Waals surface area contributed by atoms with Gasteiger partial charge in [-0.15, -0.1) is 0 Å². The van der Waals surface area contributed by atoms with E-state index in [0.717, 1.165) is 24.7 Å². The molecule has 2 rings (SSSR count). The topological polar surface area (TPSA) is 9.23 Å². The lowest BCUT2D eigenvalue weighted by Crippen LogP contribution is -2.39. The number of rotatable bonds is 8. The van der Waals surface area contributed by atoms with Gasteiger partial charge in [0.15, 0.2) is 0 Å². The molecule has 0 aromatic rings. The maximum Gasteiger partial charge on any atom is 0.0604 e. The molecule has 2 aliphatic rings. The summed E-state index contributed by atoms with van der Waals surface area (Å²) in [5.41, 5.74) is 1.06. The standard InChI is InChI=1S/C26H50O/c1-9-23(19(3)21-13-11-15-25(5,6)17-21)27-24(10-2)20(4)22-14-12-16-26(7,8)18-22/h19-24H,9-18H2,1-8H3. The summed E-state index contributed by atoms with van der Waals surface area (Å²) >= 11 is 0. The Morgan fingerprint density at radius 3 is 1.41 bits per heavy atom. The Morgan fingerprint density at radius 1 is 0.741 bits per heavy atom. The molecule has 1 heteroatoms. The first-order valence-electron chi connectivity index (χ1n) is 12.2. The Kier molecular flexibility index (Phi) is 8.30. The van der Waals surface area contributed by atoms with Gasteiger partial charge in [0.2, 0.25) is 0 Å². The van der Waals surface area contributed by atoms with Crippen LogP contribution in [0.15, 0.2) is 0 Å². The second kappa shape index (κ2) is 9.64. The molecular weight excluding hydrogens is 328 g/mol. The van der Waals surface area contributed by atoms with Gasteiger partial charge >= 0.3 is 0 Å². The summed E-state index contributed by atoms with van der Waals surface area (Å²) < 4.78 is 6.92. The first-order valence-corrected chi connectivity index (χ1v) is 12.2. The largest absolute Gasteiger partial charge is 0.374 e. The minimum atomic E-state index is 0.438. The van der Waals surface area contributed by atoms with E-state index in [1.165, 1.54) is 51.4 Å². The van der Waals surface area contributed by atoms with Crippen LogP contribution in [-0.2, 0) is 4.74 Å². The van der Waals surface area contributed by atoms with E-state index >= 15 is 0 Å². The Labute approximate surface area is 171 Å². The predicted molar refractivity (Wildman–Crippen MR) is 119 cm³/mol. The van der Waals surface area contributed by atoms with Crippen molar-refractivity contribution in [2.45, 2.75) is 132 Å². The van der Waals surface area contributed by atoms with Crippen molar-refractivity contribution < 1.29 is 4.74 Å². The van der Waals surface area contributed by atoms with Gasteiger partial charge < -0.3 is 4.74 Å². The van der Waals surface area contributed by atoms with Gasteiger partial charge in [0.25, 0.3) is 0 Å². The van der Waals surface area contributed by atoms with Gasteiger partial charge in [0, 0.05) is 0 Å². The zero-order chi connectivity index (χ0) is 20.2. The zero-order valence-corrected chi connectivity index (χ0v) is 19.9. The summed E-state index contributed by atoms with van der Waals surface area (Å²) in [7, 11) is 0. The second-order valence-electron chi connectivity index (χ2n) is 11.8. The van der Waals surface area contributed by atoms with Crippen molar-refractivity contribution in [3.63, 3.8) is 0 Å². The van der Waals surface area contributed by atoms with Gasteiger partial charge in [-0.25, -0.2) is 0 Å². The molecule has 2 fully saturated rings. The van der Waals surface area contributed by atoms with Gasteiger partial charge in [-0.1, -0.05) is 81.1 Å². The summed E-state index contributed by atoms with van der Waals surface area (Å²) in [6.07, 6.45) is 14.4. The predicted octanol–water partition coefficient (Wildman–Crippen LogP) is 8.27. The Bertz CT molecular complexity index is 397. The fourth-order valence-corrected chi connectivity index (χ4v) is 6.43. The molecule has 0 amide bonds. The molecular formula is C26H50O. The van der Waals surface area contributed by atoms with Gasteiger partial charge in [-0.05, 0) is 73.0 Å². The summed E-state index contributed by atoms with van der Waals surface area (Å²) in [6.45, 7) is 19.5. The van der Waals surface area contributed by atoms with Gasteiger partial charge in [0.1, 0.15) is 0 Å². The maximum atomic E-state index is 6.92. The molecule has 2 aliphatic carbocycles. The van der Waals surface area contributed by atoms with Crippen molar-refractivity contribution in [3.8, 4) is 0 Å². The van der Waals surface area contributed by atoms with Crippen molar-refractivity contribution in [2.75, 3.05) is 0 Å². The SMILES string of the molecule is CCC(OC(CC)C(C)C1CCCC(C)(C)C1)C(C)C1CCCC(C)(C)C1. The highest BCUT2D eigenvalue weighted by Gasteiger charge is 2.37. The highest BCUT2D eigenvalue weighted by Crippen LogP contribution is 2.45. The van der Waals surface area contributed by atoms with Crippen molar-refractivity contribution in [3.05, 3.63) is 0 Å². The van der Waals surface area contributed by atoms with E-state index in [1.54, 1.807) is 0 Å². The van der Waals surface area contributed by atoms with E-state index in [9.17, 15) is 0 Å². The average molecular weight is 379 g/mol. The van der Waals surface area contributed by atoms with E-state index < -0.39 is 0 Å². The van der Waals surface area contributed by atoms with E-state index in [4.69, 9.17) is 4.74 Å². The van der Waals surface area contributed by atoms with Crippen LogP contribution in [0.3, 0.4) is 0 Å². The van der Waals surface area contributed by atoms with Gasteiger partial charge in [-0.3, -0.25) is 0 Å². The molecule has 160 valence electrons. The van der Waals surface area contributed by atoms with Crippen molar-refractivity contribution in [1.29, 1.82) is 0 Å². The smallest absolute Gasteiger partial charge is 0.0604 e. The van der Waals surface area contributed by atoms with Crippen LogP contribution in [0.25, 0.3) is 0 Å². The number of hydrogen-bond acceptors (Lipinski definition) is 1. The summed E-state index contributed by atoms with van der Waals surface area (Å²) in [5, 5.41) is 0. The van der Waals surface area contributed by atoms with Crippen molar-refractivity contribution in [2.24, 2.45) is 34.5 Å². The van der Waals surface area contributed by atoms with Gasteiger partial charge in [-0.2, -0.15) is 0 Å². The maximum absolute atomic E-state index is 6.92. The molecule has 0 bridgehead atoms. The molecule has 27 heavy (non-hydrogen) atoms. The lowest BCUT2D eigenvalue weighted by atomic mass is 9.67. The molecule has 0 aliphatic heterocycles. The minimum absolute atomic E-state index is 0.438. The quantitative estimate of drug-likeness (QED) is 0.413. The first-order chi connectivity index (χ1) is 12.6. The van der Waals surface area contributed by atoms with Crippen LogP contribution >= 0.6 is 0 Å². The lowest BCUT2D eigenvalue weighted by Gasteiger charge is -2.43. The van der Waals surface area contributed by atoms with Crippen LogP contribution in [0.4, 0.5) is 0 Å². The normalized spacial score (nSPS) is 32.4. The molecule has 6 unspecified atom stereocenters. The Morgan fingerprint density at radius 2 is 1.11 bits per heavy atom. The van der Waals surface area contributed by atoms with E-state index in [0.29, 0.717) is 34.9 Å². The molecule has 1 nitrogen and oxygen atoms in total. The summed E-state index contributed by atoms with van der Waals surface area (Å²) in [4.78, 5) is 0. The molecule has 2 saturated carbocycles. The molecule has 0 radical (unpaired) electrons. The molecule has 6 atom stereocenters. The molecule has 0 heterocycles.